The van der Waals surface area contributed by atoms with Gasteiger partial charge in [0, 0.05) is 18.9 Å². The lowest BCUT2D eigenvalue weighted by atomic mass is 9.83. The third kappa shape index (κ3) is 2.54. The lowest BCUT2D eigenvalue weighted by Gasteiger charge is -2.38. The van der Waals surface area contributed by atoms with Crippen molar-refractivity contribution in [1.82, 2.24) is 4.90 Å². The number of carbonyl (C=O) groups is 3. The summed E-state index contributed by atoms with van der Waals surface area (Å²) >= 11 is 0. The summed E-state index contributed by atoms with van der Waals surface area (Å²) in [6.45, 7) is 1.90. The number of nitrogens with zero attached hydrogens (tertiary/aromatic N) is 1. The van der Waals surface area contributed by atoms with Gasteiger partial charge in [0.1, 0.15) is 0 Å². The summed E-state index contributed by atoms with van der Waals surface area (Å²) in [6.07, 6.45) is 3.39. The molecule has 1 heterocycles. The smallest absolute Gasteiger partial charge is 0.306 e. The van der Waals surface area contributed by atoms with Crippen molar-refractivity contribution >= 4 is 17.8 Å². The molecule has 2 atom stereocenters. The van der Waals surface area contributed by atoms with Crippen LogP contribution in [0.4, 0.5) is 0 Å². The number of hydrogen-bond acceptors (Lipinski definition) is 3. The molecule has 2 fully saturated rings. The number of amides is 2. The molecule has 18 heavy (non-hydrogen) atoms. The zero-order valence-corrected chi connectivity index (χ0v) is 10.6. The second-order valence-corrected chi connectivity index (χ2v) is 5.53. The van der Waals surface area contributed by atoms with Crippen molar-refractivity contribution in [2.45, 2.75) is 51.5 Å². The fourth-order valence-corrected chi connectivity index (χ4v) is 3.03. The lowest BCUT2D eigenvalue weighted by molar-refractivity contribution is -0.156. The summed E-state index contributed by atoms with van der Waals surface area (Å²) < 4.78 is 0. The van der Waals surface area contributed by atoms with E-state index in [1.54, 1.807) is 0 Å². The molecule has 0 spiro atoms. The molecule has 1 aliphatic heterocycles. The fourth-order valence-electron chi connectivity index (χ4n) is 3.03. The molecule has 2 rings (SSSR count). The van der Waals surface area contributed by atoms with Gasteiger partial charge in [0.25, 0.3) is 0 Å². The maximum absolute atomic E-state index is 11.9. The van der Waals surface area contributed by atoms with Gasteiger partial charge in [0.05, 0.1) is 5.92 Å². The Morgan fingerprint density at radius 2 is 1.83 bits per heavy atom. The Balaban J connectivity index is 2.08. The molecule has 2 amide bonds. The number of carbonyl (C=O) groups excluding carboxylic acids is 2. The molecule has 5 nitrogen and oxygen atoms in total. The molecule has 2 aliphatic rings. The first-order chi connectivity index (χ1) is 8.49. The zero-order valence-electron chi connectivity index (χ0n) is 10.6. The van der Waals surface area contributed by atoms with E-state index < -0.39 is 11.9 Å². The minimum atomic E-state index is -0.815. The topological polar surface area (TPSA) is 74.7 Å². The van der Waals surface area contributed by atoms with Crippen molar-refractivity contribution in [3.05, 3.63) is 0 Å². The van der Waals surface area contributed by atoms with E-state index in [9.17, 15) is 14.4 Å². The van der Waals surface area contributed by atoms with E-state index in [1.165, 1.54) is 4.90 Å². The van der Waals surface area contributed by atoms with Crippen molar-refractivity contribution in [2.75, 3.05) is 0 Å². The molecule has 1 N–H and O–H groups in total. The largest absolute Gasteiger partial charge is 0.481 e. The molecule has 100 valence electrons. The molecule has 0 aromatic carbocycles. The first kappa shape index (κ1) is 13.1. The van der Waals surface area contributed by atoms with Crippen LogP contribution in [0.25, 0.3) is 0 Å². The van der Waals surface area contributed by atoms with Crippen LogP contribution in [0.1, 0.15) is 45.4 Å². The Hall–Kier alpha value is -1.39. The van der Waals surface area contributed by atoms with Gasteiger partial charge >= 0.3 is 5.97 Å². The van der Waals surface area contributed by atoms with E-state index in [1.807, 2.05) is 6.92 Å². The Kier molecular flexibility index (Phi) is 3.68. The highest BCUT2D eigenvalue weighted by Crippen LogP contribution is 2.31. The lowest BCUT2D eigenvalue weighted by Crippen LogP contribution is -2.50. The van der Waals surface area contributed by atoms with Crippen molar-refractivity contribution in [3.63, 3.8) is 0 Å². The molecule has 0 aromatic heterocycles. The molecule has 0 radical (unpaired) electrons. The van der Waals surface area contributed by atoms with Gasteiger partial charge in [-0.1, -0.05) is 13.3 Å². The second kappa shape index (κ2) is 5.08. The van der Waals surface area contributed by atoms with Crippen molar-refractivity contribution < 1.29 is 19.5 Å². The standard InChI is InChI=1S/C13H19NO4/c1-8-5-11(15)14(12(16)6-8)10-4-2-3-9(7-10)13(17)18/h8-10H,2-7H2,1H3,(H,17,18). The maximum atomic E-state index is 11.9. The first-order valence-corrected chi connectivity index (χ1v) is 6.56. The Morgan fingerprint density at radius 3 is 2.39 bits per heavy atom. The van der Waals surface area contributed by atoms with Gasteiger partial charge in [-0.15, -0.1) is 0 Å². The van der Waals surface area contributed by atoms with E-state index >= 15 is 0 Å². The van der Waals surface area contributed by atoms with Gasteiger partial charge in [-0.2, -0.15) is 0 Å². The van der Waals surface area contributed by atoms with Crippen molar-refractivity contribution in [2.24, 2.45) is 11.8 Å². The summed E-state index contributed by atoms with van der Waals surface area (Å²) in [7, 11) is 0. The van der Waals surface area contributed by atoms with Crippen LogP contribution >= 0.6 is 0 Å². The van der Waals surface area contributed by atoms with Gasteiger partial charge in [-0.25, -0.2) is 0 Å². The first-order valence-electron chi connectivity index (χ1n) is 6.56. The summed E-state index contributed by atoms with van der Waals surface area (Å²) in [6, 6.07) is -0.202. The number of carboxylic acids is 1. The minimum absolute atomic E-state index is 0.111. The molecule has 0 bridgehead atoms. The Labute approximate surface area is 106 Å². The summed E-state index contributed by atoms with van der Waals surface area (Å²) in [4.78, 5) is 36.2. The van der Waals surface area contributed by atoms with E-state index in [2.05, 4.69) is 0 Å². The number of aliphatic carboxylic acids is 1. The van der Waals surface area contributed by atoms with Crippen molar-refractivity contribution in [3.8, 4) is 0 Å². The predicted octanol–water partition coefficient (Wildman–Crippen LogP) is 1.41. The Morgan fingerprint density at radius 1 is 1.22 bits per heavy atom. The third-order valence-corrected chi connectivity index (χ3v) is 3.94. The van der Waals surface area contributed by atoms with Gasteiger partial charge in [-0.3, -0.25) is 19.3 Å². The van der Waals surface area contributed by atoms with Crippen LogP contribution in [-0.4, -0.2) is 33.8 Å². The van der Waals surface area contributed by atoms with Crippen LogP contribution in [0.3, 0.4) is 0 Å². The Bertz CT molecular complexity index is 361. The second-order valence-electron chi connectivity index (χ2n) is 5.53. The maximum Gasteiger partial charge on any atom is 0.306 e. The SMILES string of the molecule is CC1CC(=O)N(C2CCCC(C(=O)O)C2)C(=O)C1. The van der Waals surface area contributed by atoms with Gasteiger partial charge in [0.15, 0.2) is 0 Å². The number of imide groups is 1. The van der Waals surface area contributed by atoms with Crippen LogP contribution in [0, 0.1) is 11.8 Å². The van der Waals surface area contributed by atoms with E-state index in [-0.39, 0.29) is 23.8 Å². The summed E-state index contributed by atoms with van der Waals surface area (Å²) in [5, 5.41) is 9.04. The normalized spacial score (nSPS) is 30.6. The highest BCUT2D eigenvalue weighted by atomic mass is 16.4. The van der Waals surface area contributed by atoms with Gasteiger partial charge in [0.2, 0.25) is 11.8 Å². The molecular weight excluding hydrogens is 234 g/mol. The molecule has 1 saturated carbocycles. The van der Waals surface area contributed by atoms with Gasteiger partial charge in [-0.05, 0) is 25.2 Å². The van der Waals surface area contributed by atoms with Crippen LogP contribution < -0.4 is 0 Å². The quantitative estimate of drug-likeness (QED) is 0.755. The number of hydrogen-bond donors (Lipinski definition) is 1. The van der Waals surface area contributed by atoms with Crippen LogP contribution in [0.2, 0.25) is 0 Å². The summed E-state index contributed by atoms with van der Waals surface area (Å²) in [5.74, 6) is -1.38. The van der Waals surface area contributed by atoms with E-state index in [0.29, 0.717) is 25.7 Å². The number of carboxylic acid groups (broad SMARTS) is 1. The van der Waals surface area contributed by atoms with Crippen molar-refractivity contribution in [1.29, 1.82) is 0 Å². The summed E-state index contributed by atoms with van der Waals surface area (Å²) in [5.41, 5.74) is 0. The number of piperidine rings is 1. The molecule has 5 heteroatoms. The van der Waals surface area contributed by atoms with E-state index in [4.69, 9.17) is 5.11 Å². The zero-order chi connectivity index (χ0) is 13.3. The number of rotatable bonds is 2. The van der Waals surface area contributed by atoms with Crippen LogP contribution in [0.5, 0.6) is 0 Å². The molecule has 1 saturated heterocycles. The predicted molar refractivity (Wildman–Crippen MR) is 63.6 cm³/mol. The van der Waals surface area contributed by atoms with Crippen LogP contribution in [0.15, 0.2) is 0 Å². The van der Waals surface area contributed by atoms with E-state index in [0.717, 1.165) is 12.8 Å². The van der Waals surface area contributed by atoms with Gasteiger partial charge < -0.3 is 5.11 Å². The highest BCUT2D eigenvalue weighted by molar-refractivity contribution is 5.98. The highest BCUT2D eigenvalue weighted by Gasteiger charge is 2.38. The molecule has 2 unspecified atom stereocenters. The minimum Gasteiger partial charge on any atom is -0.481 e. The average molecular weight is 253 g/mol. The molecule has 1 aliphatic carbocycles. The third-order valence-electron chi connectivity index (χ3n) is 3.94. The average Bonchev–Trinajstić information content (AvgIpc) is 2.28. The molecule has 0 aromatic rings. The van der Waals surface area contributed by atoms with Crippen LogP contribution in [-0.2, 0) is 14.4 Å². The monoisotopic (exact) mass is 253 g/mol. The fraction of sp³-hybridized carbons (Fsp3) is 0.769. The molecular formula is C13H19NO4. The number of likely N-dealkylation sites (tertiary alicyclic amines) is 1.